The molecule has 17 heteroatoms. The Labute approximate surface area is 339 Å². The first kappa shape index (κ1) is 43.1. The van der Waals surface area contributed by atoms with Crippen molar-refractivity contribution >= 4 is 52.2 Å². The molecule has 8 N–H and O–H groups in total. The minimum absolute atomic E-state index is 0.0474. The van der Waals surface area contributed by atoms with Crippen LogP contribution < -0.4 is 21.3 Å². The summed E-state index contributed by atoms with van der Waals surface area (Å²) in [6.07, 6.45) is -0.233. The number of carboxylic acids is 1. The van der Waals surface area contributed by atoms with E-state index in [2.05, 4.69) is 21.3 Å². The Kier molecular flexibility index (Phi) is 13.5. The van der Waals surface area contributed by atoms with Gasteiger partial charge in [-0.2, -0.15) is 0 Å². The molecule has 0 unspecified atom stereocenters. The summed E-state index contributed by atoms with van der Waals surface area (Å²) in [4.78, 5) is 94.1. The van der Waals surface area contributed by atoms with Crippen LogP contribution in [0.15, 0.2) is 78.9 Å². The number of phenolic OH excluding ortho intramolecular Hbond substituents is 2. The van der Waals surface area contributed by atoms with Crippen LogP contribution in [0.25, 0.3) is 21.9 Å². The van der Waals surface area contributed by atoms with Crippen LogP contribution in [0, 0.1) is 0 Å². The monoisotopic (exact) mass is 810 g/mol. The van der Waals surface area contributed by atoms with Gasteiger partial charge in [-0.1, -0.05) is 54.6 Å². The highest BCUT2D eigenvalue weighted by Gasteiger charge is 2.34. The SMILES string of the molecule is C[C@@H]1NC(=O)[C@@H](N(C)C(=O)CNC(=O)[C@@H](C)NC(=O)[C@@H](CO)N(C)C(=O)Cc2ccc3ccccc3c2)c2ccc(O)c(c2)-c2cc(ccc2O)C[C@H](C(=O)O)NC1=O. The second-order valence-electron chi connectivity index (χ2n) is 14.4. The lowest BCUT2D eigenvalue weighted by Crippen LogP contribution is -2.55. The summed E-state index contributed by atoms with van der Waals surface area (Å²) in [5.74, 6) is -6.51. The van der Waals surface area contributed by atoms with Crippen LogP contribution in [0.4, 0.5) is 0 Å². The predicted octanol–water partition coefficient (Wildman–Crippen LogP) is 0.731. The van der Waals surface area contributed by atoms with E-state index in [1.165, 1.54) is 64.3 Å². The Morgan fingerprint density at radius 2 is 1.47 bits per heavy atom. The van der Waals surface area contributed by atoms with E-state index in [4.69, 9.17) is 0 Å². The molecule has 0 fully saturated rings. The van der Waals surface area contributed by atoms with Crippen molar-refractivity contribution in [3.63, 3.8) is 0 Å². The molecule has 4 aromatic rings. The number of nitrogens with zero attached hydrogens (tertiary/aromatic N) is 2. The minimum Gasteiger partial charge on any atom is -0.507 e. The molecule has 1 aliphatic rings. The van der Waals surface area contributed by atoms with Crippen LogP contribution in [0.2, 0.25) is 0 Å². The number of aliphatic hydroxyl groups excluding tert-OH is 1. The van der Waals surface area contributed by atoms with Crippen LogP contribution in [0.5, 0.6) is 11.5 Å². The van der Waals surface area contributed by atoms with Crippen molar-refractivity contribution in [2.45, 2.75) is 56.9 Å². The molecule has 0 aromatic heterocycles. The summed E-state index contributed by atoms with van der Waals surface area (Å²) in [6.45, 7) is 1.25. The first-order chi connectivity index (χ1) is 28.0. The van der Waals surface area contributed by atoms with E-state index in [1.807, 2.05) is 36.4 Å². The number of fused-ring (bicyclic) bond motifs is 6. The average molecular weight is 811 g/mol. The van der Waals surface area contributed by atoms with Crippen LogP contribution in [-0.2, 0) is 46.4 Å². The van der Waals surface area contributed by atoms with Gasteiger partial charge in [0.1, 0.15) is 41.7 Å². The average Bonchev–Trinajstić information content (AvgIpc) is 3.20. The summed E-state index contributed by atoms with van der Waals surface area (Å²) >= 11 is 0. The molecule has 0 aliphatic carbocycles. The van der Waals surface area contributed by atoms with Gasteiger partial charge in [0, 0.05) is 31.6 Å². The van der Waals surface area contributed by atoms with Gasteiger partial charge in [-0.05, 0) is 65.6 Å². The van der Waals surface area contributed by atoms with E-state index < -0.39 is 84.8 Å². The first-order valence-electron chi connectivity index (χ1n) is 18.7. The Morgan fingerprint density at radius 1 is 0.814 bits per heavy atom. The molecule has 5 rings (SSSR count). The van der Waals surface area contributed by atoms with Gasteiger partial charge in [0.05, 0.1) is 19.6 Å². The van der Waals surface area contributed by atoms with Gasteiger partial charge in [-0.3, -0.25) is 28.8 Å². The Morgan fingerprint density at radius 3 is 2.15 bits per heavy atom. The normalized spacial score (nSPS) is 17.6. The Bertz CT molecular complexity index is 2300. The molecule has 1 aliphatic heterocycles. The van der Waals surface area contributed by atoms with Crippen molar-refractivity contribution in [2.24, 2.45) is 0 Å². The van der Waals surface area contributed by atoms with Crippen molar-refractivity contribution in [3.8, 4) is 22.6 Å². The van der Waals surface area contributed by atoms with E-state index in [-0.39, 0.29) is 41.0 Å². The number of carbonyl (C=O) groups is 7. The number of carboxylic acid groups (broad SMARTS) is 1. The fourth-order valence-corrected chi connectivity index (χ4v) is 6.67. The van der Waals surface area contributed by atoms with Crippen molar-refractivity contribution in [3.05, 3.63) is 95.6 Å². The summed E-state index contributed by atoms with van der Waals surface area (Å²) < 4.78 is 0. The fraction of sp³-hybridized carbons (Fsp3) is 0.310. The third-order valence-electron chi connectivity index (χ3n) is 10.2. The molecular weight excluding hydrogens is 764 g/mol. The predicted molar refractivity (Wildman–Crippen MR) is 214 cm³/mol. The molecule has 0 saturated heterocycles. The zero-order valence-corrected chi connectivity index (χ0v) is 32.8. The van der Waals surface area contributed by atoms with Gasteiger partial charge in [0.15, 0.2) is 0 Å². The number of hydrogen-bond donors (Lipinski definition) is 8. The fourth-order valence-electron chi connectivity index (χ4n) is 6.67. The molecule has 0 radical (unpaired) electrons. The van der Waals surface area contributed by atoms with Crippen LogP contribution in [-0.4, -0.2) is 123 Å². The van der Waals surface area contributed by atoms with Crippen molar-refractivity contribution in [1.29, 1.82) is 0 Å². The number of benzene rings is 4. The molecule has 1 heterocycles. The lowest BCUT2D eigenvalue weighted by molar-refractivity contribution is -0.143. The molecule has 5 atom stereocenters. The zero-order chi connectivity index (χ0) is 43.1. The standard InChI is InChI=1S/C42H46N6O11/c1-22(44-40(56)32(21-49)47(3)35(52)18-24-9-11-26-7-5-6-8-27(26)15-24)38(54)43-20-36(53)48(4)37-28-12-14-34(51)30(19-28)29-16-25(10-13-33(29)50)17-31(42(58)59)46-39(55)23(2)45-41(37)57/h5-16,19,22-23,31-32,37,49-51H,17-18,20-21H2,1-4H3,(H,43,54)(H,44,56)(H,45,57)(H,46,55)(H,58,59)/t22-,23+,31-,32-,37+/m1/s1. The summed E-state index contributed by atoms with van der Waals surface area (Å²) in [6, 6.07) is 14.6. The molecule has 0 saturated carbocycles. The first-order valence-corrected chi connectivity index (χ1v) is 18.7. The highest BCUT2D eigenvalue weighted by Crippen LogP contribution is 2.38. The van der Waals surface area contributed by atoms with Gasteiger partial charge >= 0.3 is 5.97 Å². The largest absolute Gasteiger partial charge is 0.507 e. The molecule has 4 aromatic carbocycles. The maximum atomic E-state index is 13.9. The van der Waals surface area contributed by atoms with Gasteiger partial charge in [0.25, 0.3) is 0 Å². The molecule has 17 nitrogen and oxygen atoms in total. The number of amides is 6. The maximum absolute atomic E-state index is 13.9. The van der Waals surface area contributed by atoms with Crippen molar-refractivity contribution in [1.82, 2.24) is 31.1 Å². The Hall–Kier alpha value is -7.01. The van der Waals surface area contributed by atoms with Gasteiger partial charge < -0.3 is 51.5 Å². The quantitative estimate of drug-likeness (QED) is 0.105. The number of nitrogens with one attached hydrogen (secondary N) is 4. The molecule has 6 amide bonds. The second-order valence-corrected chi connectivity index (χ2v) is 14.4. The maximum Gasteiger partial charge on any atom is 0.326 e. The van der Waals surface area contributed by atoms with Crippen molar-refractivity contribution in [2.75, 3.05) is 27.2 Å². The van der Waals surface area contributed by atoms with Gasteiger partial charge in [-0.25, -0.2) is 4.79 Å². The molecular formula is C42H46N6O11. The van der Waals surface area contributed by atoms with E-state index in [1.54, 1.807) is 6.07 Å². The number of aromatic hydroxyl groups is 2. The lowest BCUT2D eigenvalue weighted by atomic mass is 9.94. The lowest BCUT2D eigenvalue weighted by Gasteiger charge is -2.30. The van der Waals surface area contributed by atoms with E-state index >= 15 is 0 Å². The number of phenols is 2. The molecule has 310 valence electrons. The number of carbonyl (C=O) groups excluding carboxylic acids is 6. The summed E-state index contributed by atoms with van der Waals surface area (Å²) in [5, 5.41) is 53.1. The van der Waals surface area contributed by atoms with E-state index in [0.717, 1.165) is 20.6 Å². The number of aliphatic carboxylic acids is 1. The van der Waals surface area contributed by atoms with Crippen molar-refractivity contribution < 1.29 is 54.0 Å². The highest BCUT2D eigenvalue weighted by molar-refractivity contribution is 5.96. The van der Waals surface area contributed by atoms with Gasteiger partial charge in [-0.15, -0.1) is 0 Å². The molecule has 0 spiro atoms. The zero-order valence-electron chi connectivity index (χ0n) is 32.8. The third kappa shape index (κ3) is 10.1. The Balaban J connectivity index is 1.28. The van der Waals surface area contributed by atoms with Crippen LogP contribution >= 0.6 is 0 Å². The topological polar surface area (TPSA) is 255 Å². The smallest absolute Gasteiger partial charge is 0.326 e. The third-order valence-corrected chi connectivity index (χ3v) is 10.2. The molecule has 59 heavy (non-hydrogen) atoms. The van der Waals surface area contributed by atoms with E-state index in [9.17, 15) is 54.0 Å². The van der Waals surface area contributed by atoms with Crippen LogP contribution in [0.3, 0.4) is 0 Å². The number of likely N-dealkylation sites (N-methyl/N-ethyl adjacent to an activating group) is 2. The number of rotatable bonds is 11. The second kappa shape index (κ2) is 18.5. The molecule has 4 bridgehead atoms. The van der Waals surface area contributed by atoms with Gasteiger partial charge in [0.2, 0.25) is 35.4 Å². The number of aliphatic hydroxyl groups is 1. The minimum atomic E-state index is -1.48. The number of hydrogen-bond acceptors (Lipinski definition) is 10. The summed E-state index contributed by atoms with van der Waals surface area (Å²) in [7, 11) is 2.63. The van der Waals surface area contributed by atoms with Crippen LogP contribution in [0.1, 0.15) is 36.6 Å². The summed E-state index contributed by atoms with van der Waals surface area (Å²) in [5.41, 5.74) is 1.39. The highest BCUT2D eigenvalue weighted by atomic mass is 16.4. The van der Waals surface area contributed by atoms with E-state index in [0.29, 0.717) is 11.1 Å².